The minimum absolute atomic E-state index is 0.994. The van der Waals surface area contributed by atoms with Crippen molar-refractivity contribution in [3.8, 4) is 0 Å². The molecule has 98 valence electrons. The highest BCUT2D eigenvalue weighted by molar-refractivity contribution is 5.99. The Morgan fingerprint density at radius 2 is 1.63 bits per heavy atom. The van der Waals surface area contributed by atoms with Crippen LogP contribution in [-0.2, 0) is 0 Å². The Morgan fingerprint density at radius 1 is 1.00 bits per heavy atom. The molecule has 0 radical (unpaired) electrons. The summed E-state index contributed by atoms with van der Waals surface area (Å²) in [7, 11) is 3.87. The van der Waals surface area contributed by atoms with Crippen molar-refractivity contribution in [2.75, 3.05) is 24.4 Å². The SMILES string of the molecule is CNc1ccc(/C(C)=N/N(C)c2ccccc2)cc1. The normalized spacial score (nSPS) is 11.2. The number of nitrogens with zero attached hydrogens (tertiary/aromatic N) is 2. The Kier molecular flexibility index (Phi) is 4.18. The molecule has 2 aromatic carbocycles. The summed E-state index contributed by atoms with van der Waals surface area (Å²) in [4.78, 5) is 0. The molecule has 0 amide bonds. The van der Waals surface area contributed by atoms with Gasteiger partial charge in [-0.2, -0.15) is 5.10 Å². The molecule has 0 bridgehead atoms. The molecule has 0 heterocycles. The molecule has 0 spiro atoms. The van der Waals surface area contributed by atoms with Crippen LogP contribution in [0, 0.1) is 0 Å². The maximum Gasteiger partial charge on any atom is 0.0650 e. The predicted octanol–water partition coefficient (Wildman–Crippen LogP) is 3.59. The van der Waals surface area contributed by atoms with Crippen molar-refractivity contribution >= 4 is 17.1 Å². The van der Waals surface area contributed by atoms with Gasteiger partial charge in [0.15, 0.2) is 0 Å². The van der Waals surface area contributed by atoms with Crippen molar-refractivity contribution in [3.63, 3.8) is 0 Å². The quantitative estimate of drug-likeness (QED) is 0.666. The van der Waals surface area contributed by atoms with Gasteiger partial charge >= 0.3 is 0 Å². The van der Waals surface area contributed by atoms with Crippen LogP contribution in [-0.4, -0.2) is 19.8 Å². The smallest absolute Gasteiger partial charge is 0.0650 e. The maximum atomic E-state index is 4.60. The van der Waals surface area contributed by atoms with Gasteiger partial charge in [0.2, 0.25) is 0 Å². The Bertz CT molecular complexity index is 544. The molecule has 0 saturated carbocycles. The molecule has 0 aliphatic heterocycles. The molecule has 2 rings (SSSR count). The minimum atomic E-state index is 0.994. The lowest BCUT2D eigenvalue weighted by molar-refractivity contribution is 1.01. The Labute approximate surface area is 114 Å². The first-order chi connectivity index (χ1) is 9.20. The third-order valence-corrected chi connectivity index (χ3v) is 3.02. The fourth-order valence-corrected chi connectivity index (χ4v) is 1.86. The molecule has 0 fully saturated rings. The van der Waals surface area contributed by atoms with Crippen LogP contribution in [0.1, 0.15) is 12.5 Å². The molecular weight excluding hydrogens is 234 g/mol. The van der Waals surface area contributed by atoms with E-state index in [0.717, 1.165) is 22.6 Å². The van der Waals surface area contributed by atoms with Gasteiger partial charge in [0.05, 0.1) is 11.4 Å². The Morgan fingerprint density at radius 3 is 2.21 bits per heavy atom. The van der Waals surface area contributed by atoms with E-state index in [4.69, 9.17) is 0 Å². The Hall–Kier alpha value is -2.29. The lowest BCUT2D eigenvalue weighted by atomic mass is 10.1. The van der Waals surface area contributed by atoms with Crippen molar-refractivity contribution in [2.24, 2.45) is 5.10 Å². The van der Waals surface area contributed by atoms with Crippen molar-refractivity contribution < 1.29 is 0 Å². The second-order valence-electron chi connectivity index (χ2n) is 4.37. The van der Waals surface area contributed by atoms with E-state index < -0.39 is 0 Å². The summed E-state index contributed by atoms with van der Waals surface area (Å²) in [6, 6.07) is 18.4. The van der Waals surface area contributed by atoms with Crippen LogP contribution < -0.4 is 10.3 Å². The predicted molar refractivity (Wildman–Crippen MR) is 83.0 cm³/mol. The zero-order valence-electron chi connectivity index (χ0n) is 11.6. The average Bonchev–Trinajstić information content (AvgIpc) is 2.48. The fraction of sp³-hybridized carbons (Fsp3) is 0.188. The number of rotatable bonds is 4. The van der Waals surface area contributed by atoms with E-state index in [1.165, 1.54) is 0 Å². The number of benzene rings is 2. The molecular formula is C16H19N3. The molecule has 0 atom stereocenters. The minimum Gasteiger partial charge on any atom is -0.388 e. The van der Waals surface area contributed by atoms with Crippen LogP contribution in [0.2, 0.25) is 0 Å². The topological polar surface area (TPSA) is 27.6 Å². The van der Waals surface area contributed by atoms with Crippen LogP contribution >= 0.6 is 0 Å². The Balaban J connectivity index is 2.18. The summed E-state index contributed by atoms with van der Waals surface area (Å²) in [6.07, 6.45) is 0. The van der Waals surface area contributed by atoms with Gasteiger partial charge in [0.25, 0.3) is 0 Å². The largest absolute Gasteiger partial charge is 0.388 e. The van der Waals surface area contributed by atoms with E-state index in [1.807, 2.05) is 56.4 Å². The van der Waals surface area contributed by atoms with Crippen LogP contribution in [0.5, 0.6) is 0 Å². The van der Waals surface area contributed by atoms with E-state index in [-0.39, 0.29) is 0 Å². The summed E-state index contributed by atoms with van der Waals surface area (Å²) in [5, 5.41) is 9.60. The zero-order chi connectivity index (χ0) is 13.7. The zero-order valence-corrected chi connectivity index (χ0v) is 11.6. The summed E-state index contributed by atoms with van der Waals surface area (Å²) in [5.41, 5.74) is 4.30. The summed E-state index contributed by atoms with van der Waals surface area (Å²) in [5.74, 6) is 0. The first-order valence-electron chi connectivity index (χ1n) is 6.33. The van der Waals surface area contributed by atoms with Gasteiger partial charge in [-0.25, -0.2) is 0 Å². The van der Waals surface area contributed by atoms with Gasteiger partial charge in [-0.15, -0.1) is 0 Å². The van der Waals surface area contributed by atoms with E-state index in [0.29, 0.717) is 0 Å². The molecule has 0 aliphatic rings. The summed E-state index contributed by atoms with van der Waals surface area (Å²) < 4.78 is 0. The molecule has 3 nitrogen and oxygen atoms in total. The van der Waals surface area contributed by atoms with Crippen LogP contribution in [0.3, 0.4) is 0 Å². The van der Waals surface area contributed by atoms with Crippen LogP contribution in [0.4, 0.5) is 11.4 Å². The molecule has 0 unspecified atom stereocenters. The number of hydrazone groups is 1. The average molecular weight is 253 g/mol. The number of anilines is 2. The van der Waals surface area contributed by atoms with E-state index in [9.17, 15) is 0 Å². The van der Waals surface area contributed by atoms with Crippen molar-refractivity contribution in [3.05, 3.63) is 60.2 Å². The van der Waals surface area contributed by atoms with Gasteiger partial charge in [0.1, 0.15) is 0 Å². The highest BCUT2D eigenvalue weighted by Gasteiger charge is 2.01. The molecule has 2 aromatic rings. The molecule has 0 aromatic heterocycles. The fourth-order valence-electron chi connectivity index (χ4n) is 1.86. The summed E-state index contributed by atoms with van der Waals surface area (Å²) in [6.45, 7) is 2.02. The summed E-state index contributed by atoms with van der Waals surface area (Å²) >= 11 is 0. The first-order valence-corrected chi connectivity index (χ1v) is 6.33. The third-order valence-electron chi connectivity index (χ3n) is 3.02. The maximum absolute atomic E-state index is 4.60. The monoisotopic (exact) mass is 253 g/mol. The van der Waals surface area contributed by atoms with Crippen LogP contribution in [0.25, 0.3) is 0 Å². The number of hydrogen-bond donors (Lipinski definition) is 1. The number of para-hydroxylation sites is 1. The van der Waals surface area contributed by atoms with E-state index in [2.05, 4.69) is 34.7 Å². The number of hydrogen-bond acceptors (Lipinski definition) is 3. The molecule has 0 aliphatic carbocycles. The van der Waals surface area contributed by atoms with Gasteiger partial charge in [0, 0.05) is 19.8 Å². The second kappa shape index (κ2) is 6.05. The van der Waals surface area contributed by atoms with Gasteiger partial charge in [-0.1, -0.05) is 30.3 Å². The van der Waals surface area contributed by atoms with Gasteiger partial charge in [-0.05, 0) is 36.8 Å². The lowest BCUT2D eigenvalue weighted by Crippen LogP contribution is -2.12. The lowest BCUT2D eigenvalue weighted by Gasteiger charge is -2.14. The molecule has 19 heavy (non-hydrogen) atoms. The van der Waals surface area contributed by atoms with Crippen molar-refractivity contribution in [1.82, 2.24) is 0 Å². The third kappa shape index (κ3) is 3.35. The van der Waals surface area contributed by atoms with Gasteiger partial charge in [-0.3, -0.25) is 5.01 Å². The van der Waals surface area contributed by atoms with E-state index in [1.54, 1.807) is 0 Å². The first kappa shape index (κ1) is 13.1. The molecule has 3 heteroatoms. The highest BCUT2D eigenvalue weighted by Crippen LogP contribution is 2.14. The number of nitrogens with one attached hydrogen (secondary N) is 1. The standard InChI is InChI=1S/C16H19N3/c1-13(14-9-11-15(17-2)12-10-14)18-19(3)16-7-5-4-6-8-16/h4-12,17H,1-3H3/b18-13+. The van der Waals surface area contributed by atoms with Gasteiger partial charge < -0.3 is 5.32 Å². The van der Waals surface area contributed by atoms with Crippen molar-refractivity contribution in [1.29, 1.82) is 0 Å². The highest BCUT2D eigenvalue weighted by atomic mass is 15.4. The molecule has 0 saturated heterocycles. The molecule has 1 N–H and O–H groups in total. The van der Waals surface area contributed by atoms with Crippen molar-refractivity contribution in [2.45, 2.75) is 6.92 Å². The van der Waals surface area contributed by atoms with E-state index >= 15 is 0 Å². The second-order valence-corrected chi connectivity index (χ2v) is 4.37. The van der Waals surface area contributed by atoms with Crippen LogP contribution in [0.15, 0.2) is 59.7 Å².